The van der Waals surface area contributed by atoms with Gasteiger partial charge in [0.15, 0.2) is 11.5 Å². The number of carbonyl (C=O) groups is 1. The lowest BCUT2D eigenvalue weighted by molar-refractivity contribution is -0.137. The lowest BCUT2D eigenvalue weighted by atomic mass is 10.0. The van der Waals surface area contributed by atoms with Crippen molar-refractivity contribution in [2.45, 2.75) is 17.4 Å². The van der Waals surface area contributed by atoms with Crippen LogP contribution in [0.4, 0.5) is 4.39 Å². The van der Waals surface area contributed by atoms with Crippen molar-refractivity contribution in [1.29, 1.82) is 0 Å². The standard InChI is InChI=1S/C17H18FNO6S/c1-24-15-7-6-11(8-16(15)25-2)14(10-17(20)21)19-26(22,23)13-5-3-4-12(18)9-13/h3-9,14,19H,10H2,1-2H3,(H,20,21)/t14-/m0/s1. The SMILES string of the molecule is COc1ccc([C@H](CC(=O)O)NS(=O)(=O)c2cccc(F)c2)cc1OC. The summed E-state index contributed by atoms with van der Waals surface area (Å²) in [6, 6.07) is 7.92. The summed E-state index contributed by atoms with van der Waals surface area (Å²) >= 11 is 0. The first-order valence-electron chi connectivity index (χ1n) is 7.48. The Bertz CT molecular complexity index is 900. The maximum absolute atomic E-state index is 13.3. The maximum Gasteiger partial charge on any atom is 0.305 e. The van der Waals surface area contributed by atoms with Gasteiger partial charge in [-0.05, 0) is 35.9 Å². The van der Waals surface area contributed by atoms with Gasteiger partial charge in [-0.15, -0.1) is 0 Å². The number of aliphatic carboxylic acids is 1. The Morgan fingerprint density at radius 2 is 1.85 bits per heavy atom. The minimum atomic E-state index is -4.14. The molecule has 2 rings (SSSR count). The molecule has 0 unspecified atom stereocenters. The van der Waals surface area contributed by atoms with Gasteiger partial charge >= 0.3 is 5.97 Å². The third-order valence-corrected chi connectivity index (χ3v) is 5.06. The molecule has 26 heavy (non-hydrogen) atoms. The van der Waals surface area contributed by atoms with E-state index in [1.165, 1.54) is 38.5 Å². The van der Waals surface area contributed by atoms with Crippen LogP contribution < -0.4 is 14.2 Å². The van der Waals surface area contributed by atoms with Crippen LogP contribution >= 0.6 is 0 Å². The van der Waals surface area contributed by atoms with Crippen LogP contribution in [0, 0.1) is 5.82 Å². The van der Waals surface area contributed by atoms with E-state index < -0.39 is 34.3 Å². The van der Waals surface area contributed by atoms with Gasteiger partial charge in [0.05, 0.1) is 31.6 Å². The van der Waals surface area contributed by atoms with E-state index in [0.29, 0.717) is 17.1 Å². The summed E-state index contributed by atoms with van der Waals surface area (Å²) in [5.41, 5.74) is 0.366. The van der Waals surface area contributed by atoms with Crippen LogP contribution in [-0.4, -0.2) is 33.7 Å². The summed E-state index contributed by atoms with van der Waals surface area (Å²) in [4.78, 5) is 10.9. The smallest absolute Gasteiger partial charge is 0.305 e. The molecule has 7 nitrogen and oxygen atoms in total. The van der Waals surface area contributed by atoms with Crippen LogP contribution in [0.3, 0.4) is 0 Å². The van der Waals surface area contributed by atoms with E-state index in [-0.39, 0.29) is 4.90 Å². The molecule has 140 valence electrons. The maximum atomic E-state index is 13.3. The lowest BCUT2D eigenvalue weighted by Gasteiger charge is -2.19. The highest BCUT2D eigenvalue weighted by Gasteiger charge is 2.25. The zero-order chi connectivity index (χ0) is 19.3. The predicted octanol–water partition coefficient (Wildman–Crippen LogP) is 2.34. The van der Waals surface area contributed by atoms with Crippen molar-refractivity contribution in [2.24, 2.45) is 0 Å². The molecular formula is C17H18FNO6S. The van der Waals surface area contributed by atoms with E-state index in [9.17, 15) is 17.6 Å². The van der Waals surface area contributed by atoms with Gasteiger partial charge in [0.2, 0.25) is 10.0 Å². The molecule has 0 fully saturated rings. The third-order valence-electron chi connectivity index (χ3n) is 3.59. The summed E-state index contributed by atoms with van der Waals surface area (Å²) < 4.78 is 50.9. The number of rotatable bonds is 8. The second-order valence-electron chi connectivity index (χ2n) is 5.34. The first-order chi connectivity index (χ1) is 12.3. The summed E-state index contributed by atoms with van der Waals surface area (Å²) in [5.74, 6) is -1.18. The second-order valence-corrected chi connectivity index (χ2v) is 7.06. The van der Waals surface area contributed by atoms with Gasteiger partial charge in [-0.2, -0.15) is 0 Å². The van der Waals surface area contributed by atoms with Gasteiger partial charge in [0, 0.05) is 0 Å². The molecule has 2 aromatic carbocycles. The van der Waals surface area contributed by atoms with Crippen LogP contribution in [0.2, 0.25) is 0 Å². The van der Waals surface area contributed by atoms with Gasteiger partial charge in [-0.25, -0.2) is 17.5 Å². The summed E-state index contributed by atoms with van der Waals surface area (Å²) in [6.45, 7) is 0. The van der Waals surface area contributed by atoms with Crippen LogP contribution in [-0.2, 0) is 14.8 Å². The van der Waals surface area contributed by atoms with Gasteiger partial charge in [0.1, 0.15) is 5.82 Å². The second kappa shape index (κ2) is 8.15. The number of sulfonamides is 1. The number of halogens is 1. The van der Waals surface area contributed by atoms with E-state index in [1.807, 2.05) is 0 Å². The molecule has 0 aliphatic heterocycles. The molecule has 2 aromatic rings. The first kappa shape index (κ1) is 19.7. The predicted molar refractivity (Wildman–Crippen MR) is 91.3 cm³/mol. The monoisotopic (exact) mass is 383 g/mol. The minimum Gasteiger partial charge on any atom is -0.493 e. The average molecular weight is 383 g/mol. The van der Waals surface area contributed by atoms with E-state index in [4.69, 9.17) is 14.6 Å². The van der Waals surface area contributed by atoms with Gasteiger partial charge in [-0.1, -0.05) is 12.1 Å². The fourth-order valence-electron chi connectivity index (χ4n) is 2.36. The molecule has 0 bridgehead atoms. The number of hydrogen-bond acceptors (Lipinski definition) is 5. The van der Waals surface area contributed by atoms with Crippen molar-refractivity contribution in [3.05, 3.63) is 53.8 Å². The van der Waals surface area contributed by atoms with Crippen LogP contribution in [0.1, 0.15) is 18.0 Å². The van der Waals surface area contributed by atoms with Crippen molar-refractivity contribution in [1.82, 2.24) is 4.72 Å². The quantitative estimate of drug-likeness (QED) is 0.725. The number of ether oxygens (including phenoxy) is 2. The molecule has 2 N–H and O–H groups in total. The summed E-state index contributed by atoms with van der Waals surface area (Å²) in [7, 11) is -1.29. The Hall–Kier alpha value is -2.65. The Balaban J connectivity index is 2.40. The average Bonchev–Trinajstić information content (AvgIpc) is 2.60. The molecule has 0 radical (unpaired) electrons. The fraction of sp³-hybridized carbons (Fsp3) is 0.235. The molecule has 0 heterocycles. The molecule has 0 saturated carbocycles. The Morgan fingerprint density at radius 3 is 2.42 bits per heavy atom. The third kappa shape index (κ3) is 4.70. The molecule has 0 aliphatic rings. The molecule has 0 aromatic heterocycles. The number of hydrogen-bond donors (Lipinski definition) is 2. The topological polar surface area (TPSA) is 102 Å². The van der Waals surface area contributed by atoms with Crippen molar-refractivity contribution >= 4 is 16.0 Å². The number of methoxy groups -OCH3 is 2. The number of carboxylic acids is 1. The van der Waals surface area contributed by atoms with E-state index in [0.717, 1.165) is 12.1 Å². The normalized spacial score (nSPS) is 12.4. The molecule has 0 amide bonds. The zero-order valence-electron chi connectivity index (χ0n) is 14.1. The number of nitrogens with one attached hydrogen (secondary N) is 1. The Labute approximate surface area is 150 Å². The molecular weight excluding hydrogens is 365 g/mol. The molecule has 0 spiro atoms. The minimum absolute atomic E-state index is 0.298. The number of benzene rings is 2. The van der Waals surface area contributed by atoms with E-state index >= 15 is 0 Å². The first-order valence-corrected chi connectivity index (χ1v) is 8.96. The van der Waals surface area contributed by atoms with Crippen molar-refractivity contribution in [3.63, 3.8) is 0 Å². The highest BCUT2D eigenvalue weighted by atomic mass is 32.2. The summed E-state index contributed by atoms with van der Waals surface area (Å²) in [6.07, 6.45) is -0.510. The van der Waals surface area contributed by atoms with Crippen LogP contribution in [0.25, 0.3) is 0 Å². The molecule has 0 saturated heterocycles. The fourth-order valence-corrected chi connectivity index (χ4v) is 3.62. The highest BCUT2D eigenvalue weighted by molar-refractivity contribution is 7.89. The van der Waals surface area contributed by atoms with E-state index in [2.05, 4.69) is 4.72 Å². The lowest BCUT2D eigenvalue weighted by Crippen LogP contribution is -2.30. The van der Waals surface area contributed by atoms with Gasteiger partial charge < -0.3 is 14.6 Å². The highest BCUT2D eigenvalue weighted by Crippen LogP contribution is 2.31. The van der Waals surface area contributed by atoms with Gasteiger partial charge in [-0.3, -0.25) is 4.79 Å². The Kier molecular flexibility index (Phi) is 6.17. The summed E-state index contributed by atoms with van der Waals surface area (Å²) in [5, 5.41) is 9.13. The van der Waals surface area contributed by atoms with Crippen LogP contribution in [0.15, 0.2) is 47.4 Å². The van der Waals surface area contributed by atoms with Crippen LogP contribution in [0.5, 0.6) is 11.5 Å². The van der Waals surface area contributed by atoms with Crippen molar-refractivity contribution in [2.75, 3.05) is 14.2 Å². The molecule has 1 atom stereocenters. The largest absolute Gasteiger partial charge is 0.493 e. The van der Waals surface area contributed by atoms with Crippen molar-refractivity contribution < 1.29 is 32.2 Å². The van der Waals surface area contributed by atoms with Crippen molar-refractivity contribution in [3.8, 4) is 11.5 Å². The Morgan fingerprint density at radius 1 is 1.15 bits per heavy atom. The zero-order valence-corrected chi connectivity index (χ0v) is 14.9. The number of carboxylic acid groups (broad SMARTS) is 1. The molecule has 9 heteroatoms. The van der Waals surface area contributed by atoms with Gasteiger partial charge in [0.25, 0.3) is 0 Å². The molecule has 0 aliphatic carbocycles. The van der Waals surface area contributed by atoms with E-state index in [1.54, 1.807) is 6.07 Å².